The summed E-state index contributed by atoms with van der Waals surface area (Å²) in [6.07, 6.45) is 1.76. The van der Waals surface area contributed by atoms with Crippen molar-refractivity contribution in [2.45, 2.75) is 0 Å². The van der Waals surface area contributed by atoms with Gasteiger partial charge in [0, 0.05) is 4.47 Å². The molecule has 4 nitrogen and oxygen atoms in total. The van der Waals surface area contributed by atoms with Gasteiger partial charge in [0.25, 0.3) is 5.91 Å². The van der Waals surface area contributed by atoms with Crippen LogP contribution in [0.2, 0.25) is 0 Å². The maximum Gasteiger partial charge on any atom is 0.270 e. The number of hydrogen-bond donors (Lipinski definition) is 0. The first kappa shape index (κ1) is 16.9. The molecule has 1 amide bonds. The van der Waals surface area contributed by atoms with Crippen LogP contribution in [0.5, 0.6) is 0 Å². The smallest absolute Gasteiger partial charge is 0.270 e. The molecule has 24 heavy (non-hydrogen) atoms. The van der Waals surface area contributed by atoms with Gasteiger partial charge in [-0.15, -0.1) is 0 Å². The van der Waals surface area contributed by atoms with Crippen molar-refractivity contribution < 1.29 is 14.7 Å². The molecule has 1 fully saturated rings. The molecule has 2 aromatic rings. The third-order valence-electron chi connectivity index (χ3n) is 3.30. The highest BCUT2D eigenvalue weighted by atomic mass is 79.9. The van der Waals surface area contributed by atoms with E-state index >= 15 is 0 Å². The van der Waals surface area contributed by atoms with Gasteiger partial charge in [0.1, 0.15) is 0 Å². The van der Waals surface area contributed by atoms with E-state index in [0.29, 0.717) is 14.9 Å². The van der Waals surface area contributed by atoms with Gasteiger partial charge in [-0.1, -0.05) is 64.2 Å². The number of halogens is 1. The molecule has 1 aliphatic heterocycles. The van der Waals surface area contributed by atoms with Gasteiger partial charge in [0.15, 0.2) is 4.32 Å². The van der Waals surface area contributed by atoms with Crippen molar-refractivity contribution in [3.63, 3.8) is 0 Å². The standard InChI is InChI=1S/C17H10BrNO3S2/c18-12-6-4-10(5-7-12)8-14-15(20)19(17(23)24-14)13-3-1-2-11(9-13)16(21)22/h1-9H,(H,21,22)/p-1. The Labute approximate surface area is 156 Å². The van der Waals surface area contributed by atoms with E-state index in [1.165, 1.54) is 28.8 Å². The van der Waals surface area contributed by atoms with E-state index in [2.05, 4.69) is 15.9 Å². The summed E-state index contributed by atoms with van der Waals surface area (Å²) < 4.78 is 1.31. The number of benzene rings is 2. The van der Waals surface area contributed by atoms with Crippen molar-refractivity contribution in [3.8, 4) is 0 Å². The number of amides is 1. The molecule has 7 heteroatoms. The van der Waals surface area contributed by atoms with Crippen LogP contribution in [0.25, 0.3) is 6.08 Å². The topological polar surface area (TPSA) is 60.4 Å². The number of thiocarbonyl (C=S) groups is 1. The minimum atomic E-state index is -1.30. The molecule has 1 heterocycles. The number of carbonyl (C=O) groups excluding carboxylic acids is 2. The average Bonchev–Trinajstić information content (AvgIpc) is 2.83. The molecule has 1 aliphatic rings. The second kappa shape index (κ2) is 6.88. The van der Waals surface area contributed by atoms with Crippen molar-refractivity contribution in [3.05, 3.63) is 69.0 Å². The first-order valence-corrected chi connectivity index (χ1v) is 8.82. The summed E-state index contributed by atoms with van der Waals surface area (Å²) in [6, 6.07) is 13.5. The Morgan fingerprint density at radius 1 is 1.21 bits per heavy atom. The fraction of sp³-hybridized carbons (Fsp3) is 0. The number of thioether (sulfide) groups is 1. The third kappa shape index (κ3) is 3.43. The normalized spacial score (nSPS) is 16.0. The van der Waals surface area contributed by atoms with Crippen LogP contribution in [0.15, 0.2) is 57.9 Å². The number of carboxylic acid groups (broad SMARTS) is 1. The van der Waals surface area contributed by atoms with E-state index in [0.717, 1.165) is 10.0 Å². The number of rotatable bonds is 3. The fourth-order valence-corrected chi connectivity index (χ4v) is 3.74. The van der Waals surface area contributed by atoms with Gasteiger partial charge in [-0.25, -0.2) is 0 Å². The summed E-state index contributed by atoms with van der Waals surface area (Å²) in [6.45, 7) is 0. The zero-order valence-corrected chi connectivity index (χ0v) is 15.3. The lowest BCUT2D eigenvalue weighted by molar-refractivity contribution is -0.255. The molecule has 120 valence electrons. The summed E-state index contributed by atoms with van der Waals surface area (Å²) in [7, 11) is 0. The predicted octanol–water partition coefficient (Wildman–Crippen LogP) is 3.22. The Bertz CT molecular complexity index is 878. The van der Waals surface area contributed by atoms with Gasteiger partial charge in [-0.2, -0.15) is 0 Å². The van der Waals surface area contributed by atoms with Crippen molar-refractivity contribution >= 4 is 67.9 Å². The highest BCUT2D eigenvalue weighted by Gasteiger charge is 2.33. The fourth-order valence-electron chi connectivity index (χ4n) is 2.17. The van der Waals surface area contributed by atoms with E-state index in [4.69, 9.17) is 12.2 Å². The average molecular weight is 419 g/mol. The van der Waals surface area contributed by atoms with Gasteiger partial charge in [0.2, 0.25) is 0 Å². The van der Waals surface area contributed by atoms with Crippen LogP contribution in [0, 0.1) is 0 Å². The number of nitrogens with zero attached hydrogens (tertiary/aromatic N) is 1. The first-order chi connectivity index (χ1) is 11.5. The Morgan fingerprint density at radius 3 is 2.58 bits per heavy atom. The van der Waals surface area contributed by atoms with Crippen molar-refractivity contribution in [2.24, 2.45) is 0 Å². The van der Waals surface area contributed by atoms with E-state index in [1.54, 1.807) is 18.2 Å². The quantitative estimate of drug-likeness (QED) is 0.565. The first-order valence-electron chi connectivity index (χ1n) is 6.80. The van der Waals surface area contributed by atoms with E-state index < -0.39 is 5.97 Å². The van der Waals surface area contributed by atoms with Crippen LogP contribution in [0.4, 0.5) is 5.69 Å². The molecule has 0 radical (unpaired) electrons. The van der Waals surface area contributed by atoms with Crippen LogP contribution in [-0.4, -0.2) is 16.2 Å². The molecule has 1 saturated heterocycles. The second-order valence-electron chi connectivity index (χ2n) is 4.91. The van der Waals surface area contributed by atoms with Crippen LogP contribution in [0.3, 0.4) is 0 Å². The highest BCUT2D eigenvalue weighted by Crippen LogP contribution is 2.36. The minimum absolute atomic E-state index is 0.00145. The highest BCUT2D eigenvalue weighted by molar-refractivity contribution is 9.10. The molecule has 2 aromatic carbocycles. The van der Waals surface area contributed by atoms with Gasteiger partial charge in [-0.05, 0) is 41.5 Å². The summed E-state index contributed by atoms with van der Waals surface area (Å²) in [5.74, 6) is -1.57. The van der Waals surface area contributed by atoms with Crippen LogP contribution < -0.4 is 10.0 Å². The number of carbonyl (C=O) groups is 2. The molecule has 0 atom stereocenters. The van der Waals surface area contributed by atoms with E-state index in [-0.39, 0.29) is 11.5 Å². The molecule has 0 spiro atoms. The molecule has 0 bridgehead atoms. The van der Waals surface area contributed by atoms with Crippen molar-refractivity contribution in [1.29, 1.82) is 0 Å². The summed E-state index contributed by atoms with van der Waals surface area (Å²) in [5, 5.41) is 11.0. The predicted molar refractivity (Wildman–Crippen MR) is 101 cm³/mol. The van der Waals surface area contributed by atoms with Crippen molar-refractivity contribution in [2.75, 3.05) is 4.90 Å². The van der Waals surface area contributed by atoms with E-state index in [1.807, 2.05) is 24.3 Å². The van der Waals surface area contributed by atoms with Crippen LogP contribution in [0.1, 0.15) is 15.9 Å². The monoisotopic (exact) mass is 418 g/mol. The molecular formula is C17H9BrNO3S2-. The Kier molecular flexibility index (Phi) is 4.84. The van der Waals surface area contributed by atoms with Gasteiger partial charge in [0.05, 0.1) is 16.6 Å². The van der Waals surface area contributed by atoms with Gasteiger partial charge in [-0.3, -0.25) is 9.69 Å². The lowest BCUT2D eigenvalue weighted by Crippen LogP contribution is -2.28. The molecule has 0 aliphatic carbocycles. The lowest BCUT2D eigenvalue weighted by Gasteiger charge is -2.15. The SMILES string of the molecule is O=C([O-])c1cccc(N2C(=O)C(=Cc3ccc(Br)cc3)SC2=S)c1. The molecule has 0 N–H and O–H groups in total. The molecular weight excluding hydrogens is 410 g/mol. The molecule has 3 rings (SSSR count). The minimum Gasteiger partial charge on any atom is -0.545 e. The Balaban J connectivity index is 1.93. The molecule has 0 aromatic heterocycles. The summed E-state index contributed by atoms with van der Waals surface area (Å²) >= 11 is 9.83. The Morgan fingerprint density at radius 2 is 1.92 bits per heavy atom. The third-order valence-corrected chi connectivity index (χ3v) is 5.13. The number of hydrogen-bond acceptors (Lipinski definition) is 5. The van der Waals surface area contributed by atoms with Gasteiger partial charge < -0.3 is 9.90 Å². The number of anilines is 1. The Hall–Kier alpha value is -1.96. The van der Waals surface area contributed by atoms with Crippen LogP contribution in [-0.2, 0) is 4.79 Å². The largest absolute Gasteiger partial charge is 0.545 e. The molecule has 0 unspecified atom stereocenters. The molecule has 0 saturated carbocycles. The van der Waals surface area contributed by atoms with Crippen molar-refractivity contribution in [1.82, 2.24) is 0 Å². The lowest BCUT2D eigenvalue weighted by atomic mass is 10.2. The number of carboxylic acids is 1. The number of aromatic carboxylic acids is 1. The maximum absolute atomic E-state index is 12.6. The maximum atomic E-state index is 12.6. The zero-order valence-electron chi connectivity index (χ0n) is 12.1. The second-order valence-corrected chi connectivity index (χ2v) is 7.50. The zero-order chi connectivity index (χ0) is 17.3. The summed E-state index contributed by atoms with van der Waals surface area (Å²) in [5.41, 5.74) is 1.29. The van der Waals surface area contributed by atoms with Gasteiger partial charge >= 0.3 is 0 Å². The summed E-state index contributed by atoms with van der Waals surface area (Å²) in [4.78, 5) is 25.5. The van der Waals surface area contributed by atoms with E-state index in [9.17, 15) is 14.7 Å². The van der Waals surface area contributed by atoms with Crippen LogP contribution >= 0.6 is 39.9 Å².